The van der Waals surface area contributed by atoms with E-state index in [0.717, 1.165) is 32.3 Å². The fourth-order valence-corrected chi connectivity index (χ4v) is 3.72. The monoisotopic (exact) mass is 328 g/mol. The van der Waals surface area contributed by atoms with Crippen LogP contribution >= 0.6 is 0 Å². The molecule has 0 bridgehead atoms. The molecule has 0 amide bonds. The Hall–Kier alpha value is -0.240. The van der Waals surface area contributed by atoms with Gasteiger partial charge in [-0.1, -0.05) is 13.8 Å². The lowest BCUT2D eigenvalue weighted by Crippen LogP contribution is -2.57. The number of fused-ring (bicyclic) bond motifs is 1. The van der Waals surface area contributed by atoms with Gasteiger partial charge in [0.1, 0.15) is 6.10 Å². The molecule has 2 atom stereocenters. The fourth-order valence-electron chi connectivity index (χ4n) is 3.72. The van der Waals surface area contributed by atoms with Gasteiger partial charge in [-0.3, -0.25) is 0 Å². The van der Waals surface area contributed by atoms with Crippen LogP contribution in [0.5, 0.6) is 0 Å². The predicted molar refractivity (Wildman–Crippen MR) is 80.7 cm³/mol. The van der Waals surface area contributed by atoms with Gasteiger partial charge in [0.25, 0.3) is 0 Å². The molecular weight excluding hydrogens is 300 g/mol. The first kappa shape index (κ1) is 16.2. The molecule has 0 aromatic carbocycles. The van der Waals surface area contributed by atoms with Crippen LogP contribution in [-0.4, -0.2) is 57.5 Å². The third-order valence-corrected chi connectivity index (χ3v) is 5.89. The standard InChI is InChI=1S/C17H28O6/c1-3-16(4-2)10-21-17(22-11-16)19-8-13(9-20-17)18-7-12-5-14-15(6-12)23-14/h12-15H,3-11H2,1-2H3. The Labute approximate surface area is 137 Å². The van der Waals surface area contributed by atoms with Crippen LogP contribution in [0.2, 0.25) is 0 Å². The van der Waals surface area contributed by atoms with Gasteiger partial charge in [0, 0.05) is 5.41 Å². The lowest BCUT2D eigenvalue weighted by Gasteiger charge is -2.46. The molecule has 132 valence electrons. The molecule has 0 aromatic heterocycles. The third kappa shape index (κ3) is 3.30. The first-order valence-electron chi connectivity index (χ1n) is 8.99. The van der Waals surface area contributed by atoms with Crippen molar-refractivity contribution in [3.8, 4) is 0 Å². The summed E-state index contributed by atoms with van der Waals surface area (Å²) in [5.74, 6) is 0.617. The number of hydrogen-bond donors (Lipinski definition) is 0. The minimum Gasteiger partial charge on any atom is -0.373 e. The van der Waals surface area contributed by atoms with E-state index in [0.29, 0.717) is 44.6 Å². The quantitative estimate of drug-likeness (QED) is 0.720. The zero-order valence-electron chi connectivity index (χ0n) is 14.1. The first-order valence-corrected chi connectivity index (χ1v) is 8.99. The molecule has 0 aromatic rings. The second kappa shape index (κ2) is 6.24. The third-order valence-electron chi connectivity index (χ3n) is 5.89. The molecule has 2 unspecified atom stereocenters. The molecule has 4 rings (SSSR count). The maximum atomic E-state index is 5.94. The van der Waals surface area contributed by atoms with Crippen molar-refractivity contribution in [3.63, 3.8) is 0 Å². The minimum absolute atomic E-state index is 0.0466. The smallest absolute Gasteiger partial charge is 0.373 e. The summed E-state index contributed by atoms with van der Waals surface area (Å²) in [6, 6.07) is 0. The molecule has 6 heteroatoms. The topological polar surface area (TPSA) is 58.7 Å². The second-order valence-electron chi connectivity index (χ2n) is 7.41. The van der Waals surface area contributed by atoms with Gasteiger partial charge in [0.2, 0.25) is 0 Å². The summed E-state index contributed by atoms with van der Waals surface area (Å²) >= 11 is 0. The largest absolute Gasteiger partial charge is 0.412 e. The predicted octanol–water partition coefficient (Wildman–Crippen LogP) is 2.06. The molecule has 3 aliphatic heterocycles. The van der Waals surface area contributed by atoms with E-state index in [1.54, 1.807) is 0 Å². The van der Waals surface area contributed by atoms with Gasteiger partial charge < -0.3 is 28.4 Å². The van der Waals surface area contributed by atoms with Crippen LogP contribution in [-0.2, 0) is 28.4 Å². The Kier molecular flexibility index (Phi) is 4.41. The van der Waals surface area contributed by atoms with E-state index < -0.39 is 6.16 Å². The van der Waals surface area contributed by atoms with E-state index in [1.807, 2.05) is 0 Å². The van der Waals surface area contributed by atoms with Crippen molar-refractivity contribution >= 4 is 0 Å². The molecule has 1 spiro atoms. The van der Waals surface area contributed by atoms with Gasteiger partial charge >= 0.3 is 6.16 Å². The Morgan fingerprint density at radius 3 is 2.09 bits per heavy atom. The number of epoxide rings is 1. The van der Waals surface area contributed by atoms with E-state index in [1.165, 1.54) is 0 Å². The molecule has 1 aliphatic carbocycles. The molecule has 0 radical (unpaired) electrons. The Balaban J connectivity index is 1.20. The maximum absolute atomic E-state index is 5.94. The average Bonchev–Trinajstić information content (AvgIpc) is 3.22. The first-order chi connectivity index (χ1) is 11.2. The summed E-state index contributed by atoms with van der Waals surface area (Å²) < 4.78 is 34.5. The van der Waals surface area contributed by atoms with Gasteiger partial charge in [0.15, 0.2) is 0 Å². The number of rotatable bonds is 5. The summed E-state index contributed by atoms with van der Waals surface area (Å²) in [4.78, 5) is 0. The molecule has 0 N–H and O–H groups in total. The summed E-state index contributed by atoms with van der Waals surface area (Å²) in [5.41, 5.74) is 0.0801. The van der Waals surface area contributed by atoms with E-state index in [2.05, 4.69) is 13.8 Å². The molecule has 4 fully saturated rings. The van der Waals surface area contributed by atoms with Crippen LogP contribution in [0.15, 0.2) is 0 Å². The summed E-state index contributed by atoms with van der Waals surface area (Å²) in [6.07, 6.45) is 3.97. The van der Waals surface area contributed by atoms with Crippen molar-refractivity contribution in [1.82, 2.24) is 0 Å². The summed E-state index contributed by atoms with van der Waals surface area (Å²) in [6.45, 7) is 7.20. The highest BCUT2D eigenvalue weighted by atomic mass is 17.0. The van der Waals surface area contributed by atoms with Gasteiger partial charge in [-0.15, -0.1) is 0 Å². The van der Waals surface area contributed by atoms with Crippen LogP contribution in [0, 0.1) is 11.3 Å². The van der Waals surface area contributed by atoms with Crippen molar-refractivity contribution in [1.29, 1.82) is 0 Å². The molecule has 3 heterocycles. The lowest BCUT2D eigenvalue weighted by molar-refractivity contribution is -0.543. The molecule has 4 aliphatic rings. The lowest BCUT2D eigenvalue weighted by atomic mass is 9.84. The van der Waals surface area contributed by atoms with Gasteiger partial charge in [0.05, 0.1) is 45.2 Å². The minimum atomic E-state index is -1.31. The summed E-state index contributed by atoms with van der Waals surface area (Å²) in [5, 5.41) is 0. The SMILES string of the molecule is CCC1(CC)COC2(OCC(OCC3CC4OC4C3)CO2)OC1. The average molecular weight is 328 g/mol. The van der Waals surface area contributed by atoms with Crippen molar-refractivity contribution in [2.45, 2.75) is 64.0 Å². The number of hydrogen-bond acceptors (Lipinski definition) is 6. The Morgan fingerprint density at radius 2 is 1.52 bits per heavy atom. The van der Waals surface area contributed by atoms with Crippen LogP contribution in [0.3, 0.4) is 0 Å². The van der Waals surface area contributed by atoms with Crippen molar-refractivity contribution in [3.05, 3.63) is 0 Å². The second-order valence-corrected chi connectivity index (χ2v) is 7.41. The maximum Gasteiger partial charge on any atom is 0.412 e. The molecule has 23 heavy (non-hydrogen) atoms. The zero-order valence-corrected chi connectivity index (χ0v) is 14.1. The van der Waals surface area contributed by atoms with Crippen molar-refractivity contribution in [2.75, 3.05) is 33.0 Å². The highest BCUT2D eigenvalue weighted by molar-refractivity contribution is 4.95. The van der Waals surface area contributed by atoms with Crippen molar-refractivity contribution < 1.29 is 28.4 Å². The fraction of sp³-hybridized carbons (Fsp3) is 1.00. The highest BCUT2D eigenvalue weighted by Gasteiger charge is 2.50. The van der Waals surface area contributed by atoms with Crippen LogP contribution in [0.4, 0.5) is 0 Å². The normalized spacial score (nSPS) is 38.6. The Morgan fingerprint density at radius 1 is 0.913 bits per heavy atom. The molecule has 1 saturated carbocycles. The molecule has 6 nitrogen and oxygen atoms in total. The number of ether oxygens (including phenoxy) is 6. The van der Waals surface area contributed by atoms with Crippen molar-refractivity contribution in [2.24, 2.45) is 11.3 Å². The van der Waals surface area contributed by atoms with Crippen LogP contribution in [0.25, 0.3) is 0 Å². The Bertz CT molecular complexity index is 393. The van der Waals surface area contributed by atoms with Gasteiger partial charge in [-0.2, -0.15) is 0 Å². The van der Waals surface area contributed by atoms with E-state index in [4.69, 9.17) is 28.4 Å². The van der Waals surface area contributed by atoms with Gasteiger partial charge in [-0.05, 0) is 31.6 Å². The van der Waals surface area contributed by atoms with Gasteiger partial charge in [-0.25, -0.2) is 0 Å². The summed E-state index contributed by atoms with van der Waals surface area (Å²) in [7, 11) is 0. The highest BCUT2D eigenvalue weighted by Crippen LogP contribution is 2.42. The van der Waals surface area contributed by atoms with E-state index >= 15 is 0 Å². The van der Waals surface area contributed by atoms with Crippen LogP contribution < -0.4 is 0 Å². The molecule has 3 saturated heterocycles. The van der Waals surface area contributed by atoms with E-state index in [-0.39, 0.29) is 11.5 Å². The zero-order chi connectivity index (χ0) is 15.9. The van der Waals surface area contributed by atoms with E-state index in [9.17, 15) is 0 Å². The van der Waals surface area contributed by atoms with Crippen LogP contribution in [0.1, 0.15) is 39.5 Å². The molecular formula is C17H28O6.